The Morgan fingerprint density at radius 1 is 1.16 bits per heavy atom. The topological polar surface area (TPSA) is 88.3 Å². The molecule has 0 fully saturated rings. The normalized spacial score (nSPS) is 11.4. The summed E-state index contributed by atoms with van der Waals surface area (Å²) >= 11 is 0. The molecule has 0 aliphatic carbocycles. The Labute approximate surface area is 148 Å². The zero-order valence-electron chi connectivity index (χ0n) is 15.2. The Morgan fingerprint density at radius 2 is 1.84 bits per heavy atom. The fraction of sp³-hybridized carbons (Fsp3) is 0.444. The fourth-order valence-electron chi connectivity index (χ4n) is 2.32. The Morgan fingerprint density at radius 3 is 2.52 bits per heavy atom. The van der Waals surface area contributed by atoms with Crippen LogP contribution in [0, 0.1) is 0 Å². The van der Waals surface area contributed by atoms with Crippen LogP contribution >= 0.6 is 0 Å². The Kier molecular flexibility index (Phi) is 6.55. The van der Waals surface area contributed by atoms with E-state index in [1.54, 1.807) is 13.3 Å². The molecule has 0 aliphatic heterocycles. The number of aromatic nitrogens is 2. The molecular weight excluding hydrogens is 320 g/mol. The lowest BCUT2D eigenvalue weighted by molar-refractivity contribution is 0.0635. The van der Waals surface area contributed by atoms with Crippen molar-refractivity contribution in [1.29, 1.82) is 0 Å². The molecule has 136 valence electrons. The number of rotatable bonds is 7. The number of methoxy groups -OCH3 is 1. The van der Waals surface area contributed by atoms with Crippen LogP contribution in [0.25, 0.3) is 0 Å². The molecule has 0 radical (unpaired) electrons. The SMILES string of the molecule is COCc1ccccc1CNCc1cn[nH]c1NC(=O)OC(C)(C)C. The van der Waals surface area contributed by atoms with E-state index in [-0.39, 0.29) is 0 Å². The van der Waals surface area contributed by atoms with Crippen LogP contribution in [0.5, 0.6) is 0 Å². The number of hydrogen-bond acceptors (Lipinski definition) is 5. The highest BCUT2D eigenvalue weighted by molar-refractivity contribution is 5.84. The molecule has 2 rings (SSSR count). The molecule has 2 aromatic rings. The molecule has 0 aliphatic rings. The van der Waals surface area contributed by atoms with Crippen molar-refractivity contribution >= 4 is 11.9 Å². The van der Waals surface area contributed by atoms with E-state index >= 15 is 0 Å². The first-order valence-corrected chi connectivity index (χ1v) is 8.17. The van der Waals surface area contributed by atoms with Crippen LogP contribution < -0.4 is 10.6 Å². The second kappa shape index (κ2) is 8.64. The number of benzene rings is 1. The predicted molar refractivity (Wildman–Crippen MR) is 96.1 cm³/mol. The highest BCUT2D eigenvalue weighted by Gasteiger charge is 2.17. The van der Waals surface area contributed by atoms with E-state index < -0.39 is 11.7 Å². The minimum atomic E-state index is -0.548. The van der Waals surface area contributed by atoms with Crippen molar-refractivity contribution in [3.63, 3.8) is 0 Å². The molecule has 0 spiro atoms. The lowest BCUT2D eigenvalue weighted by atomic mass is 10.1. The average molecular weight is 346 g/mol. The minimum absolute atomic E-state index is 0.511. The molecule has 7 nitrogen and oxygen atoms in total. The number of carbonyl (C=O) groups is 1. The summed E-state index contributed by atoms with van der Waals surface area (Å²) in [6.45, 7) is 7.28. The van der Waals surface area contributed by atoms with Crippen molar-refractivity contribution in [1.82, 2.24) is 15.5 Å². The predicted octanol–water partition coefficient (Wildman–Crippen LogP) is 3.19. The molecule has 0 saturated heterocycles. The van der Waals surface area contributed by atoms with Gasteiger partial charge in [-0.3, -0.25) is 10.4 Å². The molecule has 0 saturated carbocycles. The number of H-pyrrole nitrogens is 1. The van der Waals surface area contributed by atoms with Gasteiger partial charge in [-0.15, -0.1) is 0 Å². The van der Waals surface area contributed by atoms with Crippen molar-refractivity contribution in [3.8, 4) is 0 Å². The third kappa shape index (κ3) is 6.21. The van der Waals surface area contributed by atoms with Crippen LogP contribution in [0.4, 0.5) is 10.6 Å². The number of nitrogens with zero attached hydrogens (tertiary/aromatic N) is 1. The third-order valence-corrected chi connectivity index (χ3v) is 3.39. The van der Waals surface area contributed by atoms with E-state index in [9.17, 15) is 4.79 Å². The van der Waals surface area contributed by atoms with Gasteiger partial charge < -0.3 is 14.8 Å². The maximum atomic E-state index is 11.9. The molecular formula is C18H26N4O3. The van der Waals surface area contributed by atoms with E-state index in [0.717, 1.165) is 11.1 Å². The second-order valence-electron chi connectivity index (χ2n) is 6.70. The first-order chi connectivity index (χ1) is 11.9. The van der Waals surface area contributed by atoms with E-state index in [2.05, 4.69) is 26.9 Å². The summed E-state index contributed by atoms with van der Waals surface area (Å²) in [6.07, 6.45) is 1.17. The molecule has 0 unspecified atom stereocenters. The number of hydrogen-bond donors (Lipinski definition) is 3. The van der Waals surface area contributed by atoms with Crippen LogP contribution in [-0.2, 0) is 29.2 Å². The van der Waals surface area contributed by atoms with Gasteiger partial charge in [-0.25, -0.2) is 4.79 Å². The maximum absolute atomic E-state index is 11.9. The maximum Gasteiger partial charge on any atom is 0.413 e. The van der Waals surface area contributed by atoms with Crippen LogP contribution in [0.15, 0.2) is 30.5 Å². The fourth-order valence-corrected chi connectivity index (χ4v) is 2.32. The molecule has 1 aromatic carbocycles. The van der Waals surface area contributed by atoms with Gasteiger partial charge in [0.25, 0.3) is 0 Å². The van der Waals surface area contributed by atoms with E-state index in [1.165, 1.54) is 5.56 Å². The van der Waals surface area contributed by atoms with Crippen molar-refractivity contribution in [2.45, 2.75) is 46.1 Å². The quantitative estimate of drug-likeness (QED) is 0.716. The summed E-state index contributed by atoms with van der Waals surface area (Å²) < 4.78 is 10.5. The molecule has 1 heterocycles. The number of aromatic amines is 1. The monoisotopic (exact) mass is 346 g/mol. The molecule has 25 heavy (non-hydrogen) atoms. The highest BCUT2D eigenvalue weighted by atomic mass is 16.6. The Balaban J connectivity index is 1.90. The van der Waals surface area contributed by atoms with Gasteiger partial charge >= 0.3 is 6.09 Å². The van der Waals surface area contributed by atoms with Crippen LogP contribution in [0.3, 0.4) is 0 Å². The average Bonchev–Trinajstić information content (AvgIpc) is 2.94. The van der Waals surface area contributed by atoms with Gasteiger partial charge in [0, 0.05) is 25.8 Å². The van der Waals surface area contributed by atoms with Crippen LogP contribution in [0.1, 0.15) is 37.5 Å². The zero-order chi connectivity index (χ0) is 18.3. The van der Waals surface area contributed by atoms with Gasteiger partial charge in [0.05, 0.1) is 12.8 Å². The summed E-state index contributed by atoms with van der Waals surface area (Å²) in [6, 6.07) is 8.12. The third-order valence-electron chi connectivity index (χ3n) is 3.39. The molecule has 1 amide bonds. The van der Waals surface area contributed by atoms with Gasteiger partial charge in [0.15, 0.2) is 0 Å². The number of ether oxygens (including phenoxy) is 2. The van der Waals surface area contributed by atoms with Crippen molar-refractivity contribution < 1.29 is 14.3 Å². The molecule has 0 atom stereocenters. The lowest BCUT2D eigenvalue weighted by Crippen LogP contribution is -2.27. The standard InChI is InChI=1S/C18H26N4O3/c1-18(2,3)25-17(23)21-16-15(11-20-22-16)10-19-9-13-7-5-6-8-14(13)12-24-4/h5-8,11,19H,9-10,12H2,1-4H3,(H2,20,21,22,23). The van der Waals surface area contributed by atoms with Gasteiger partial charge in [-0.2, -0.15) is 5.10 Å². The van der Waals surface area contributed by atoms with Crippen molar-refractivity contribution in [3.05, 3.63) is 47.2 Å². The largest absolute Gasteiger partial charge is 0.444 e. The summed E-state index contributed by atoms with van der Waals surface area (Å²) in [5, 5.41) is 12.8. The van der Waals surface area contributed by atoms with Gasteiger partial charge in [-0.1, -0.05) is 24.3 Å². The molecule has 0 bridgehead atoms. The zero-order valence-corrected chi connectivity index (χ0v) is 15.2. The summed E-state index contributed by atoms with van der Waals surface area (Å²) in [5.41, 5.74) is 2.63. The highest BCUT2D eigenvalue weighted by Crippen LogP contribution is 2.15. The lowest BCUT2D eigenvalue weighted by Gasteiger charge is -2.19. The summed E-state index contributed by atoms with van der Waals surface area (Å²) in [4.78, 5) is 11.9. The number of amides is 1. The molecule has 1 aromatic heterocycles. The Hall–Kier alpha value is -2.38. The summed E-state index contributed by atoms with van der Waals surface area (Å²) in [7, 11) is 1.68. The van der Waals surface area contributed by atoms with Crippen LogP contribution in [-0.4, -0.2) is 29.0 Å². The van der Waals surface area contributed by atoms with Crippen LogP contribution in [0.2, 0.25) is 0 Å². The van der Waals surface area contributed by atoms with E-state index in [1.807, 2.05) is 39.0 Å². The Bertz CT molecular complexity index is 692. The van der Waals surface area contributed by atoms with E-state index in [0.29, 0.717) is 25.5 Å². The minimum Gasteiger partial charge on any atom is -0.444 e. The first-order valence-electron chi connectivity index (χ1n) is 8.17. The molecule has 3 N–H and O–H groups in total. The number of carbonyl (C=O) groups excluding carboxylic acids is 1. The smallest absolute Gasteiger partial charge is 0.413 e. The first kappa shape index (κ1) is 19.0. The van der Waals surface area contributed by atoms with Crippen molar-refractivity contribution in [2.24, 2.45) is 0 Å². The number of nitrogens with one attached hydrogen (secondary N) is 3. The number of anilines is 1. The molecule has 7 heteroatoms. The van der Waals surface area contributed by atoms with Gasteiger partial charge in [-0.05, 0) is 31.9 Å². The van der Waals surface area contributed by atoms with Gasteiger partial charge in [0.2, 0.25) is 0 Å². The summed E-state index contributed by atoms with van der Waals surface area (Å²) in [5.74, 6) is 0.534. The second-order valence-corrected chi connectivity index (χ2v) is 6.70. The van der Waals surface area contributed by atoms with Gasteiger partial charge in [0.1, 0.15) is 11.4 Å². The van der Waals surface area contributed by atoms with E-state index in [4.69, 9.17) is 9.47 Å². The van der Waals surface area contributed by atoms with Crippen molar-refractivity contribution in [2.75, 3.05) is 12.4 Å².